The van der Waals surface area contributed by atoms with Gasteiger partial charge in [-0.3, -0.25) is 14.6 Å². The van der Waals surface area contributed by atoms with Gasteiger partial charge in [0.15, 0.2) is 0 Å². The number of anilines is 1. The van der Waals surface area contributed by atoms with Gasteiger partial charge in [-0.25, -0.2) is 4.98 Å². The van der Waals surface area contributed by atoms with Gasteiger partial charge in [-0.15, -0.1) is 11.3 Å². The molecule has 37 heavy (non-hydrogen) atoms. The lowest BCUT2D eigenvalue weighted by Crippen LogP contribution is -2.37. The van der Waals surface area contributed by atoms with Crippen LogP contribution in [0.5, 0.6) is 0 Å². The van der Waals surface area contributed by atoms with Crippen molar-refractivity contribution in [1.82, 2.24) is 14.9 Å². The Hall–Kier alpha value is -3.79. The van der Waals surface area contributed by atoms with Crippen LogP contribution in [0.15, 0.2) is 60.8 Å². The minimum atomic E-state index is -4.55. The molecule has 10 heteroatoms. The predicted molar refractivity (Wildman–Crippen MR) is 136 cm³/mol. The summed E-state index contributed by atoms with van der Waals surface area (Å²) in [5, 5.41) is 3.57. The van der Waals surface area contributed by atoms with Crippen LogP contribution >= 0.6 is 11.3 Å². The second kappa shape index (κ2) is 9.93. The van der Waals surface area contributed by atoms with Gasteiger partial charge < -0.3 is 10.2 Å². The number of pyridine rings is 1. The van der Waals surface area contributed by atoms with Crippen molar-refractivity contribution in [2.45, 2.75) is 31.9 Å². The summed E-state index contributed by atoms with van der Waals surface area (Å²) in [6, 6.07) is 14.5. The maximum Gasteiger partial charge on any atom is 0.416 e. The van der Waals surface area contributed by atoms with Crippen molar-refractivity contribution < 1.29 is 22.8 Å². The number of benzene rings is 2. The summed E-state index contributed by atoms with van der Waals surface area (Å²) in [4.78, 5) is 35.5. The number of hydrogen-bond donors (Lipinski definition) is 1. The van der Waals surface area contributed by atoms with E-state index in [-0.39, 0.29) is 17.5 Å². The molecular weight excluding hydrogens is 501 g/mol. The highest BCUT2D eigenvalue weighted by molar-refractivity contribution is 7.18. The topological polar surface area (TPSA) is 75.2 Å². The van der Waals surface area contributed by atoms with Crippen LogP contribution in [0.25, 0.3) is 10.2 Å². The quantitative estimate of drug-likeness (QED) is 0.340. The Morgan fingerprint density at radius 2 is 1.76 bits per heavy atom. The normalized spacial score (nSPS) is 14.6. The minimum absolute atomic E-state index is 0.00673. The molecule has 0 saturated carbocycles. The summed E-state index contributed by atoms with van der Waals surface area (Å²) < 4.78 is 39.8. The molecule has 0 atom stereocenters. The van der Waals surface area contributed by atoms with Gasteiger partial charge in [0, 0.05) is 30.5 Å². The Labute approximate surface area is 215 Å². The van der Waals surface area contributed by atoms with E-state index in [1.807, 2.05) is 42.2 Å². The number of aryl methyl sites for hydroxylation is 1. The third kappa shape index (κ3) is 5.48. The first kappa shape index (κ1) is 24.9. The van der Waals surface area contributed by atoms with Crippen LogP contribution in [-0.2, 0) is 6.18 Å². The molecule has 1 aliphatic rings. The highest BCUT2D eigenvalue weighted by Crippen LogP contribution is 2.31. The second-order valence-corrected chi connectivity index (χ2v) is 10.2. The van der Waals surface area contributed by atoms with E-state index in [1.54, 1.807) is 23.5 Å². The van der Waals surface area contributed by atoms with E-state index in [4.69, 9.17) is 0 Å². The number of alkyl halides is 3. The van der Waals surface area contributed by atoms with Crippen molar-refractivity contribution in [3.63, 3.8) is 0 Å². The third-order valence-electron chi connectivity index (χ3n) is 6.48. The number of nitrogens with one attached hydrogen (secondary N) is 1. The molecule has 0 unspecified atom stereocenters. The number of carbonyl (C=O) groups is 2. The standard InChI is InChI=1S/C27H23F3N4O2S/c1-16-32-22-14-19(4-7-24(22)37-16)26(36)34-12-9-18(10-13-34)17-2-5-21(6-3-17)33-25(35)23-15-20(8-11-31-23)27(28,29)30/h2-8,11,14-15,18H,9-10,12-13H2,1H3,(H,33,35). The molecule has 1 fully saturated rings. The van der Waals surface area contributed by atoms with E-state index in [0.29, 0.717) is 24.3 Å². The molecule has 0 bridgehead atoms. The molecule has 5 rings (SSSR count). The number of fused-ring (bicyclic) bond motifs is 1. The highest BCUT2D eigenvalue weighted by atomic mass is 32.1. The van der Waals surface area contributed by atoms with E-state index in [9.17, 15) is 22.8 Å². The molecule has 0 aliphatic carbocycles. The van der Waals surface area contributed by atoms with Gasteiger partial charge >= 0.3 is 6.18 Å². The van der Waals surface area contributed by atoms with Crippen LogP contribution in [0.1, 0.15) is 55.7 Å². The molecule has 2 aromatic heterocycles. The van der Waals surface area contributed by atoms with Crippen LogP contribution in [0.2, 0.25) is 0 Å². The number of aromatic nitrogens is 2. The van der Waals surface area contributed by atoms with Crippen molar-refractivity contribution in [3.8, 4) is 0 Å². The van der Waals surface area contributed by atoms with Crippen LogP contribution < -0.4 is 5.32 Å². The lowest BCUT2D eigenvalue weighted by atomic mass is 9.89. The molecular formula is C27H23F3N4O2S. The average molecular weight is 525 g/mol. The van der Waals surface area contributed by atoms with Gasteiger partial charge in [-0.2, -0.15) is 13.2 Å². The fourth-order valence-corrected chi connectivity index (χ4v) is 5.35. The zero-order valence-electron chi connectivity index (χ0n) is 19.9. The van der Waals surface area contributed by atoms with E-state index in [1.165, 1.54) is 0 Å². The number of thiazole rings is 1. The summed E-state index contributed by atoms with van der Waals surface area (Å²) in [6.45, 7) is 3.22. The van der Waals surface area contributed by atoms with Crippen LogP contribution in [0.4, 0.5) is 18.9 Å². The number of amides is 2. The predicted octanol–water partition coefficient (Wildman–Crippen LogP) is 6.29. The van der Waals surface area contributed by atoms with Gasteiger partial charge in [0.2, 0.25) is 0 Å². The lowest BCUT2D eigenvalue weighted by molar-refractivity contribution is -0.137. The number of hydrogen-bond acceptors (Lipinski definition) is 5. The van der Waals surface area contributed by atoms with Gasteiger partial charge in [0.1, 0.15) is 5.69 Å². The summed E-state index contributed by atoms with van der Waals surface area (Å²) >= 11 is 1.61. The fourth-order valence-electron chi connectivity index (χ4n) is 4.54. The monoisotopic (exact) mass is 524 g/mol. The molecule has 0 radical (unpaired) electrons. The highest BCUT2D eigenvalue weighted by Gasteiger charge is 2.31. The molecule has 1 N–H and O–H groups in total. The van der Waals surface area contributed by atoms with E-state index in [2.05, 4.69) is 15.3 Å². The Morgan fingerprint density at radius 1 is 1.03 bits per heavy atom. The van der Waals surface area contributed by atoms with Crippen molar-refractivity contribution in [1.29, 1.82) is 0 Å². The molecule has 1 saturated heterocycles. The Balaban J connectivity index is 1.18. The number of nitrogens with zero attached hydrogens (tertiary/aromatic N) is 3. The molecule has 3 heterocycles. The third-order valence-corrected chi connectivity index (χ3v) is 7.44. The SMILES string of the molecule is Cc1nc2cc(C(=O)N3CCC(c4ccc(NC(=O)c5cc(C(F)(F)F)ccn5)cc4)CC3)ccc2s1. The number of halogens is 3. The van der Waals surface area contributed by atoms with Crippen LogP contribution in [0, 0.1) is 6.92 Å². The Morgan fingerprint density at radius 3 is 2.46 bits per heavy atom. The molecule has 0 spiro atoms. The second-order valence-electron chi connectivity index (χ2n) is 8.99. The van der Waals surface area contributed by atoms with E-state index in [0.717, 1.165) is 52.0 Å². The average Bonchev–Trinajstić information content (AvgIpc) is 3.27. The maximum atomic E-state index is 13.0. The molecule has 2 amide bonds. The van der Waals surface area contributed by atoms with Gasteiger partial charge in [0.25, 0.3) is 11.8 Å². The largest absolute Gasteiger partial charge is 0.416 e. The van der Waals surface area contributed by atoms with Crippen LogP contribution in [0.3, 0.4) is 0 Å². The van der Waals surface area contributed by atoms with Gasteiger partial charge in [-0.1, -0.05) is 12.1 Å². The number of carbonyl (C=O) groups excluding carboxylic acids is 2. The first-order valence-electron chi connectivity index (χ1n) is 11.8. The van der Waals surface area contributed by atoms with Crippen LogP contribution in [-0.4, -0.2) is 39.8 Å². The maximum absolute atomic E-state index is 13.0. The summed E-state index contributed by atoms with van der Waals surface area (Å²) in [5.41, 5.74) is 1.81. The minimum Gasteiger partial charge on any atom is -0.339 e. The number of piperidine rings is 1. The fraction of sp³-hybridized carbons (Fsp3) is 0.259. The molecule has 1 aliphatic heterocycles. The van der Waals surface area contributed by atoms with Crippen molar-refractivity contribution >= 4 is 39.1 Å². The van der Waals surface area contributed by atoms with Gasteiger partial charge in [0.05, 0.1) is 20.8 Å². The number of rotatable bonds is 4. The summed E-state index contributed by atoms with van der Waals surface area (Å²) in [5.74, 6) is -0.438. The van der Waals surface area contributed by atoms with Crippen molar-refractivity contribution in [2.75, 3.05) is 18.4 Å². The Bertz CT molecular complexity index is 1460. The van der Waals surface area contributed by atoms with E-state index >= 15 is 0 Å². The van der Waals surface area contributed by atoms with Crippen molar-refractivity contribution in [3.05, 3.63) is 88.2 Å². The zero-order valence-corrected chi connectivity index (χ0v) is 20.7. The number of likely N-dealkylation sites (tertiary alicyclic amines) is 1. The summed E-state index contributed by atoms with van der Waals surface area (Å²) in [6.07, 6.45) is -1.96. The van der Waals surface area contributed by atoms with E-state index < -0.39 is 17.6 Å². The first-order valence-corrected chi connectivity index (χ1v) is 12.6. The molecule has 190 valence electrons. The summed E-state index contributed by atoms with van der Waals surface area (Å²) in [7, 11) is 0. The Kier molecular flexibility index (Phi) is 6.68. The zero-order chi connectivity index (χ0) is 26.2. The van der Waals surface area contributed by atoms with Gasteiger partial charge in [-0.05, 0) is 73.7 Å². The van der Waals surface area contributed by atoms with Crippen molar-refractivity contribution in [2.24, 2.45) is 0 Å². The molecule has 6 nitrogen and oxygen atoms in total. The lowest BCUT2D eigenvalue weighted by Gasteiger charge is -2.32. The molecule has 4 aromatic rings. The smallest absolute Gasteiger partial charge is 0.339 e. The molecule has 2 aromatic carbocycles. The first-order chi connectivity index (χ1) is 17.7.